The van der Waals surface area contributed by atoms with Gasteiger partial charge in [0.1, 0.15) is 10.6 Å². The third-order valence-corrected chi connectivity index (χ3v) is 7.55. The second-order valence-electron chi connectivity index (χ2n) is 6.67. The van der Waals surface area contributed by atoms with Gasteiger partial charge in [-0.3, -0.25) is 4.79 Å². The largest absolute Gasteiger partial charge is 0.379 e. The first kappa shape index (κ1) is 19.8. The number of rotatable bonds is 5. The molecule has 0 unspecified atom stereocenters. The molecule has 1 N–H and O–H groups in total. The molecule has 0 atom stereocenters. The number of thiophene rings is 1. The highest BCUT2D eigenvalue weighted by Gasteiger charge is 2.29. The number of anilines is 1. The van der Waals surface area contributed by atoms with Crippen molar-refractivity contribution in [1.29, 1.82) is 0 Å². The number of ether oxygens (including phenoxy) is 1. The molecule has 1 fully saturated rings. The molecule has 4 rings (SSSR count). The van der Waals surface area contributed by atoms with E-state index in [1.165, 1.54) is 21.1 Å². The average Bonchev–Trinajstić information content (AvgIpc) is 3.39. The molecule has 3 heterocycles. The molecule has 3 aromatic rings. The first-order valence-electron chi connectivity index (χ1n) is 9.15. The first-order valence-corrected chi connectivity index (χ1v) is 11.5. The summed E-state index contributed by atoms with van der Waals surface area (Å²) in [5, 5.41) is 4.90. The van der Waals surface area contributed by atoms with Crippen molar-refractivity contribution in [3.8, 4) is 10.4 Å². The SMILES string of the molecule is Cn1cc(S(=O)(=O)N2CCOCC2)cc1C(=O)Nc1ccccc1-c1cccs1. The molecule has 0 radical (unpaired) electrons. The molecular weight excluding hydrogens is 410 g/mol. The van der Waals surface area contributed by atoms with Crippen LogP contribution in [0.25, 0.3) is 10.4 Å². The van der Waals surface area contributed by atoms with Crippen LogP contribution in [-0.2, 0) is 21.8 Å². The number of aryl methyl sites for hydroxylation is 1. The predicted octanol–water partition coefficient (Wildman–Crippen LogP) is 3.03. The van der Waals surface area contributed by atoms with Gasteiger partial charge >= 0.3 is 0 Å². The number of amides is 1. The summed E-state index contributed by atoms with van der Waals surface area (Å²) in [5.74, 6) is -0.361. The molecule has 2 aromatic heterocycles. The van der Waals surface area contributed by atoms with E-state index in [1.807, 2.05) is 41.8 Å². The van der Waals surface area contributed by atoms with Gasteiger partial charge in [-0.15, -0.1) is 11.3 Å². The van der Waals surface area contributed by atoms with Crippen molar-refractivity contribution >= 4 is 33.0 Å². The number of hydrogen-bond donors (Lipinski definition) is 1. The summed E-state index contributed by atoms with van der Waals surface area (Å²) in [5.41, 5.74) is 1.88. The van der Waals surface area contributed by atoms with Gasteiger partial charge in [0.2, 0.25) is 10.0 Å². The number of benzene rings is 1. The number of carbonyl (C=O) groups is 1. The molecule has 29 heavy (non-hydrogen) atoms. The number of morpholine rings is 1. The lowest BCUT2D eigenvalue weighted by Gasteiger charge is -2.25. The summed E-state index contributed by atoms with van der Waals surface area (Å²) < 4.78 is 33.9. The molecule has 9 heteroatoms. The Hall–Kier alpha value is -2.46. The van der Waals surface area contributed by atoms with Crippen LogP contribution in [0, 0.1) is 0 Å². The minimum absolute atomic E-state index is 0.110. The number of hydrogen-bond acceptors (Lipinski definition) is 5. The maximum Gasteiger partial charge on any atom is 0.272 e. The number of para-hydroxylation sites is 1. The van der Waals surface area contributed by atoms with Crippen LogP contribution in [0.3, 0.4) is 0 Å². The van der Waals surface area contributed by atoms with Crippen LogP contribution in [0.5, 0.6) is 0 Å². The highest BCUT2D eigenvalue weighted by molar-refractivity contribution is 7.89. The highest BCUT2D eigenvalue weighted by atomic mass is 32.2. The molecule has 1 aliphatic heterocycles. The normalized spacial score (nSPS) is 15.3. The number of nitrogens with zero attached hydrogens (tertiary/aromatic N) is 2. The predicted molar refractivity (Wildman–Crippen MR) is 113 cm³/mol. The van der Waals surface area contributed by atoms with Crippen molar-refractivity contribution in [3.63, 3.8) is 0 Å². The molecule has 1 amide bonds. The highest BCUT2D eigenvalue weighted by Crippen LogP contribution is 2.31. The minimum atomic E-state index is -3.66. The van der Waals surface area contributed by atoms with Gasteiger partial charge in [0.15, 0.2) is 0 Å². The van der Waals surface area contributed by atoms with Crippen LogP contribution in [-0.4, -0.2) is 49.5 Å². The summed E-state index contributed by atoms with van der Waals surface area (Å²) >= 11 is 1.59. The molecule has 0 spiro atoms. The summed E-state index contributed by atoms with van der Waals surface area (Å²) in [7, 11) is -1.99. The van der Waals surface area contributed by atoms with Crippen molar-refractivity contribution in [2.24, 2.45) is 7.05 Å². The standard InChI is InChI=1S/C20H21N3O4S2/c1-22-14-15(29(25,26)23-8-10-27-11-9-23)13-18(22)20(24)21-17-6-3-2-5-16(17)19-7-4-12-28-19/h2-7,12-14H,8-11H2,1H3,(H,21,24). The Labute approximate surface area is 173 Å². The van der Waals surface area contributed by atoms with E-state index in [1.54, 1.807) is 18.4 Å². The van der Waals surface area contributed by atoms with Gasteiger partial charge in [-0.05, 0) is 23.6 Å². The Kier molecular flexibility index (Phi) is 5.55. The lowest BCUT2D eigenvalue weighted by atomic mass is 10.1. The molecule has 0 saturated carbocycles. The lowest BCUT2D eigenvalue weighted by Crippen LogP contribution is -2.40. The van der Waals surface area contributed by atoms with E-state index in [-0.39, 0.29) is 16.5 Å². The van der Waals surface area contributed by atoms with Crippen LogP contribution in [0.15, 0.2) is 58.9 Å². The van der Waals surface area contributed by atoms with Crippen LogP contribution >= 0.6 is 11.3 Å². The monoisotopic (exact) mass is 431 g/mol. The molecule has 1 aromatic carbocycles. The first-order chi connectivity index (χ1) is 14.0. The topological polar surface area (TPSA) is 80.6 Å². The van der Waals surface area contributed by atoms with Crippen molar-refractivity contribution in [1.82, 2.24) is 8.87 Å². The maximum atomic E-state index is 12.9. The number of nitrogens with one attached hydrogen (secondary N) is 1. The van der Waals surface area contributed by atoms with Gasteiger partial charge in [-0.25, -0.2) is 8.42 Å². The smallest absolute Gasteiger partial charge is 0.272 e. The van der Waals surface area contributed by atoms with Gasteiger partial charge < -0.3 is 14.6 Å². The fourth-order valence-electron chi connectivity index (χ4n) is 3.26. The molecular formula is C20H21N3O4S2. The second-order valence-corrected chi connectivity index (χ2v) is 9.55. The van der Waals surface area contributed by atoms with E-state index in [0.717, 1.165) is 10.4 Å². The van der Waals surface area contributed by atoms with Gasteiger partial charge in [-0.1, -0.05) is 24.3 Å². The lowest BCUT2D eigenvalue weighted by molar-refractivity contribution is 0.0730. The van der Waals surface area contributed by atoms with Crippen molar-refractivity contribution < 1.29 is 17.9 Å². The fraction of sp³-hybridized carbons (Fsp3) is 0.250. The van der Waals surface area contributed by atoms with Gasteiger partial charge in [0.25, 0.3) is 5.91 Å². The van der Waals surface area contributed by atoms with Crippen molar-refractivity contribution in [3.05, 3.63) is 59.7 Å². The summed E-state index contributed by atoms with van der Waals surface area (Å²) in [6.45, 7) is 1.37. The molecule has 152 valence electrons. The van der Waals surface area contributed by atoms with E-state index in [2.05, 4.69) is 5.32 Å². The zero-order chi connectivity index (χ0) is 20.4. The molecule has 0 aliphatic carbocycles. The quantitative estimate of drug-likeness (QED) is 0.673. The molecule has 7 nitrogen and oxygen atoms in total. The number of aromatic nitrogens is 1. The Morgan fingerprint density at radius 1 is 1.14 bits per heavy atom. The van der Waals surface area contributed by atoms with E-state index >= 15 is 0 Å². The third-order valence-electron chi connectivity index (χ3n) is 4.78. The van der Waals surface area contributed by atoms with E-state index in [0.29, 0.717) is 32.0 Å². The van der Waals surface area contributed by atoms with Crippen molar-refractivity contribution in [2.75, 3.05) is 31.6 Å². The number of sulfonamides is 1. The summed E-state index contributed by atoms with van der Waals surface area (Å²) in [6.07, 6.45) is 1.48. The van der Waals surface area contributed by atoms with E-state index in [4.69, 9.17) is 4.74 Å². The third kappa shape index (κ3) is 3.99. The zero-order valence-corrected chi connectivity index (χ0v) is 17.5. The van der Waals surface area contributed by atoms with Crippen LogP contribution in [0.1, 0.15) is 10.5 Å². The Bertz CT molecular complexity index is 1110. The Balaban J connectivity index is 1.60. The van der Waals surface area contributed by atoms with Crippen LogP contribution < -0.4 is 5.32 Å². The molecule has 0 bridgehead atoms. The minimum Gasteiger partial charge on any atom is -0.379 e. The Morgan fingerprint density at radius 3 is 2.62 bits per heavy atom. The van der Waals surface area contributed by atoms with Gasteiger partial charge in [0.05, 0.1) is 13.2 Å². The average molecular weight is 432 g/mol. The molecule has 1 aliphatic rings. The van der Waals surface area contributed by atoms with Crippen LogP contribution in [0.4, 0.5) is 5.69 Å². The van der Waals surface area contributed by atoms with E-state index < -0.39 is 10.0 Å². The summed E-state index contributed by atoms with van der Waals surface area (Å²) in [4.78, 5) is 14.1. The zero-order valence-electron chi connectivity index (χ0n) is 15.9. The fourth-order valence-corrected chi connectivity index (χ4v) is 5.51. The van der Waals surface area contributed by atoms with Gasteiger partial charge in [-0.2, -0.15) is 4.31 Å². The van der Waals surface area contributed by atoms with Crippen molar-refractivity contribution in [2.45, 2.75) is 4.90 Å². The van der Waals surface area contributed by atoms with Crippen LogP contribution in [0.2, 0.25) is 0 Å². The second kappa shape index (κ2) is 8.11. The summed E-state index contributed by atoms with van der Waals surface area (Å²) in [6, 6.07) is 12.9. The van der Waals surface area contributed by atoms with E-state index in [9.17, 15) is 13.2 Å². The maximum absolute atomic E-state index is 12.9. The molecule has 1 saturated heterocycles. The number of carbonyl (C=O) groups excluding carboxylic acids is 1. The Morgan fingerprint density at radius 2 is 1.90 bits per heavy atom. The van der Waals surface area contributed by atoms with Gasteiger partial charge in [0, 0.05) is 42.5 Å².